The number of amides is 2. The van der Waals surface area contributed by atoms with E-state index in [1.54, 1.807) is 39.0 Å². The van der Waals surface area contributed by atoms with Crippen LogP contribution in [0.5, 0.6) is 11.5 Å². The summed E-state index contributed by atoms with van der Waals surface area (Å²) in [4.78, 5) is 44.6. The average Bonchev–Trinajstić information content (AvgIpc) is 3.26. The molecule has 2 aliphatic heterocycles. The Morgan fingerprint density at radius 2 is 1.76 bits per heavy atom. The fourth-order valence-corrected chi connectivity index (χ4v) is 10.5. The van der Waals surface area contributed by atoms with Crippen LogP contribution in [0.25, 0.3) is 11.0 Å². The average molecular weight is 940 g/mol. The van der Waals surface area contributed by atoms with Gasteiger partial charge < -0.3 is 40.2 Å². The number of imide groups is 1. The van der Waals surface area contributed by atoms with Gasteiger partial charge in [0.15, 0.2) is 0 Å². The molecule has 1 unspecified atom stereocenters. The Bertz CT molecular complexity index is 2510. The summed E-state index contributed by atoms with van der Waals surface area (Å²) in [5.74, 6) is 2.24. The van der Waals surface area contributed by atoms with Gasteiger partial charge in [-0.3, -0.25) is 24.9 Å². The van der Waals surface area contributed by atoms with Gasteiger partial charge in [0.2, 0.25) is 17.8 Å². The van der Waals surface area contributed by atoms with Crippen molar-refractivity contribution >= 4 is 80.1 Å². The standard InChI is InChI=1S/C46H56BrN10O5P/c1-5-29-24-38(54-46-52-27-35(47)44(56-46)53-37-11-10-36-42(51-18-17-50-36)43(37)63(3,4)60)40(61-2)25-39(29)57-19-13-31(14-20-57)49-16-15-48-26-28-21-33(22-28)62-32-8-6-7-30(23-32)34-9-12-41(58)55-45(34)59/h6-8,10-11,17-18,23-25,27-28,31,33-34,48-49H,5,9,12-16,19-22,26H2,1-4H3,(H,55,58,59)(H2,52,53,54,56)/t28-,33-,34?. The molecule has 0 bridgehead atoms. The van der Waals surface area contributed by atoms with Gasteiger partial charge in [0.05, 0.1) is 45.8 Å². The molecule has 17 heteroatoms. The number of methoxy groups -OCH3 is 1. The van der Waals surface area contributed by atoms with Gasteiger partial charge in [-0.15, -0.1) is 0 Å². The fourth-order valence-electron chi connectivity index (χ4n) is 8.83. The molecule has 4 heterocycles. The second-order valence-electron chi connectivity index (χ2n) is 17.0. The van der Waals surface area contributed by atoms with Gasteiger partial charge in [-0.1, -0.05) is 19.1 Å². The highest BCUT2D eigenvalue weighted by atomic mass is 79.9. The van der Waals surface area contributed by atoms with Crippen molar-refractivity contribution in [2.45, 2.75) is 69.9 Å². The Morgan fingerprint density at radius 3 is 2.52 bits per heavy atom. The van der Waals surface area contributed by atoms with Gasteiger partial charge in [-0.05, 0) is 122 Å². The van der Waals surface area contributed by atoms with Crippen LogP contribution in [0.15, 0.2) is 71.6 Å². The minimum absolute atomic E-state index is 0.183. The third-order valence-electron chi connectivity index (χ3n) is 12.2. The molecule has 63 heavy (non-hydrogen) atoms. The van der Waals surface area contributed by atoms with Crippen LogP contribution < -0.4 is 46.3 Å². The van der Waals surface area contributed by atoms with Crippen molar-refractivity contribution in [1.82, 2.24) is 35.9 Å². The van der Waals surface area contributed by atoms with Crippen LogP contribution in [0.4, 0.5) is 28.8 Å². The smallest absolute Gasteiger partial charge is 0.234 e. The van der Waals surface area contributed by atoms with Crippen LogP contribution in [0, 0.1) is 5.92 Å². The molecule has 15 nitrogen and oxygen atoms in total. The SMILES string of the molecule is CCc1cc(Nc2ncc(Br)c(Nc3ccc4nccnc4c3P(C)(C)=O)n2)c(OC)cc1N1CCC(NCCNC[C@H]2C[C@H](Oc3cccc(C4CCC(=O)NC4=O)c3)C2)CC1. The zero-order valence-corrected chi connectivity index (χ0v) is 38.7. The maximum absolute atomic E-state index is 13.5. The molecule has 1 aliphatic carbocycles. The Hall–Kier alpha value is -5.15. The van der Waals surface area contributed by atoms with Crippen molar-refractivity contribution in [2.24, 2.45) is 5.92 Å². The number of nitrogens with one attached hydrogen (secondary N) is 5. The predicted molar refractivity (Wildman–Crippen MR) is 252 cm³/mol. The van der Waals surface area contributed by atoms with E-state index in [-0.39, 0.29) is 23.8 Å². The Kier molecular flexibility index (Phi) is 13.9. The fraction of sp³-hybridized carbons (Fsp3) is 0.435. The number of fused-ring (bicyclic) bond motifs is 1. The number of aromatic nitrogens is 4. The first kappa shape index (κ1) is 44.5. The van der Waals surface area contributed by atoms with Gasteiger partial charge in [0.1, 0.15) is 30.0 Å². The minimum Gasteiger partial charge on any atom is -0.494 e. The highest BCUT2D eigenvalue weighted by Gasteiger charge is 2.32. The Balaban J connectivity index is 0.795. The number of piperidine rings is 2. The van der Waals surface area contributed by atoms with E-state index in [0.717, 1.165) is 81.8 Å². The number of benzene rings is 3. The summed E-state index contributed by atoms with van der Waals surface area (Å²) in [6, 6.07) is 16.2. The number of ether oxygens (including phenoxy) is 2. The molecule has 2 aromatic heterocycles. The third-order valence-corrected chi connectivity index (χ3v) is 14.3. The van der Waals surface area contributed by atoms with Gasteiger partial charge in [0, 0.05) is 69.0 Å². The number of hydrogen-bond donors (Lipinski definition) is 5. The lowest BCUT2D eigenvalue weighted by Gasteiger charge is -2.36. The minimum atomic E-state index is -2.77. The molecule has 1 saturated carbocycles. The molecule has 1 atom stereocenters. The van der Waals surface area contributed by atoms with E-state index in [2.05, 4.69) is 81.4 Å². The van der Waals surface area contributed by atoms with Crippen molar-refractivity contribution in [3.8, 4) is 11.5 Å². The monoisotopic (exact) mass is 938 g/mol. The lowest BCUT2D eigenvalue weighted by Crippen LogP contribution is -2.45. The molecule has 3 aromatic carbocycles. The van der Waals surface area contributed by atoms with Crippen LogP contribution in [0.3, 0.4) is 0 Å². The summed E-state index contributed by atoms with van der Waals surface area (Å²) >= 11 is 3.59. The van der Waals surface area contributed by atoms with E-state index in [0.29, 0.717) is 68.8 Å². The molecule has 3 aliphatic rings. The normalized spacial score (nSPS) is 19.4. The van der Waals surface area contributed by atoms with Gasteiger partial charge >= 0.3 is 0 Å². The van der Waals surface area contributed by atoms with Crippen LogP contribution in [-0.2, 0) is 20.6 Å². The predicted octanol–water partition coefficient (Wildman–Crippen LogP) is 7.01. The van der Waals surface area contributed by atoms with Crippen molar-refractivity contribution < 1.29 is 23.6 Å². The van der Waals surface area contributed by atoms with E-state index < -0.39 is 7.14 Å². The number of aryl methyl sites for hydroxylation is 1. The highest BCUT2D eigenvalue weighted by molar-refractivity contribution is 9.10. The van der Waals surface area contributed by atoms with Crippen molar-refractivity contribution in [3.63, 3.8) is 0 Å². The molecule has 2 saturated heterocycles. The van der Waals surface area contributed by atoms with E-state index in [1.807, 2.05) is 36.4 Å². The molecule has 5 N–H and O–H groups in total. The zero-order valence-electron chi connectivity index (χ0n) is 36.2. The first-order valence-electron chi connectivity index (χ1n) is 21.8. The number of carbonyl (C=O) groups is 2. The van der Waals surface area contributed by atoms with E-state index >= 15 is 0 Å². The molecule has 5 aromatic rings. The van der Waals surface area contributed by atoms with E-state index in [4.69, 9.17) is 14.5 Å². The Morgan fingerprint density at radius 1 is 0.952 bits per heavy atom. The number of halogens is 1. The molecular weight excluding hydrogens is 883 g/mol. The first-order chi connectivity index (χ1) is 30.4. The second kappa shape index (κ2) is 19.7. The summed E-state index contributed by atoms with van der Waals surface area (Å²) < 4.78 is 26.3. The van der Waals surface area contributed by atoms with Crippen LogP contribution >= 0.6 is 23.1 Å². The lowest BCUT2D eigenvalue weighted by atomic mass is 9.82. The van der Waals surface area contributed by atoms with Crippen molar-refractivity contribution in [3.05, 3.63) is 82.7 Å². The van der Waals surface area contributed by atoms with Gasteiger partial charge in [-0.2, -0.15) is 4.98 Å². The number of carbonyl (C=O) groups excluding carboxylic acids is 2. The number of hydrogen-bond acceptors (Lipinski definition) is 14. The van der Waals surface area contributed by atoms with Crippen LogP contribution in [-0.4, -0.2) is 97.1 Å². The number of nitrogens with zero attached hydrogens (tertiary/aromatic N) is 5. The largest absolute Gasteiger partial charge is 0.494 e. The molecular formula is C46H56BrN10O5P. The maximum Gasteiger partial charge on any atom is 0.234 e. The summed E-state index contributed by atoms with van der Waals surface area (Å²) in [5, 5.41) is 17.2. The number of anilines is 5. The Labute approximate surface area is 376 Å². The van der Waals surface area contributed by atoms with Crippen LogP contribution in [0.2, 0.25) is 0 Å². The quantitative estimate of drug-likeness (QED) is 0.0364. The van der Waals surface area contributed by atoms with Crippen LogP contribution in [0.1, 0.15) is 62.5 Å². The molecule has 2 amide bonds. The highest BCUT2D eigenvalue weighted by Crippen LogP contribution is 2.42. The summed E-state index contributed by atoms with van der Waals surface area (Å²) in [6.07, 6.45) is 11.0. The molecule has 0 spiro atoms. The second-order valence-corrected chi connectivity index (χ2v) is 21.0. The first-order valence-corrected chi connectivity index (χ1v) is 25.2. The van der Waals surface area contributed by atoms with E-state index in [9.17, 15) is 14.2 Å². The molecule has 332 valence electrons. The van der Waals surface area contributed by atoms with Crippen molar-refractivity contribution in [1.29, 1.82) is 0 Å². The maximum atomic E-state index is 13.5. The van der Waals surface area contributed by atoms with Gasteiger partial charge in [0.25, 0.3) is 0 Å². The summed E-state index contributed by atoms with van der Waals surface area (Å²) in [6.45, 7) is 10.3. The summed E-state index contributed by atoms with van der Waals surface area (Å²) in [7, 11) is -1.09. The van der Waals surface area contributed by atoms with E-state index in [1.165, 1.54) is 11.3 Å². The summed E-state index contributed by atoms with van der Waals surface area (Å²) in [5.41, 5.74) is 5.98. The third kappa shape index (κ3) is 10.6. The molecule has 0 radical (unpaired) electrons. The molecule has 3 fully saturated rings. The molecule has 8 rings (SSSR count). The number of rotatable bonds is 17. The van der Waals surface area contributed by atoms with Gasteiger partial charge in [-0.25, -0.2) is 4.98 Å². The lowest BCUT2D eigenvalue weighted by molar-refractivity contribution is -0.134. The van der Waals surface area contributed by atoms with Crippen molar-refractivity contribution in [2.75, 3.05) is 68.7 Å². The zero-order chi connectivity index (χ0) is 44.1. The topological polar surface area (TPSA) is 185 Å².